The van der Waals surface area contributed by atoms with Gasteiger partial charge in [-0.15, -0.1) is 11.3 Å². The average Bonchev–Trinajstić information content (AvgIpc) is 3.19. The quantitative estimate of drug-likeness (QED) is 0.476. The zero-order valence-electron chi connectivity index (χ0n) is 16.6. The van der Waals surface area contributed by atoms with Crippen LogP contribution < -0.4 is 10.0 Å². The van der Waals surface area contributed by atoms with Gasteiger partial charge in [0.25, 0.3) is 10.0 Å². The number of sulfonamides is 1. The van der Waals surface area contributed by atoms with E-state index < -0.39 is 27.9 Å². The van der Waals surface area contributed by atoms with Gasteiger partial charge >= 0.3 is 5.97 Å². The minimum absolute atomic E-state index is 0.115. The van der Waals surface area contributed by atoms with Crippen molar-refractivity contribution in [1.29, 1.82) is 0 Å². The molecule has 0 aliphatic carbocycles. The highest BCUT2D eigenvalue weighted by Gasteiger charge is 2.24. The van der Waals surface area contributed by atoms with Crippen molar-refractivity contribution in [2.45, 2.75) is 24.3 Å². The van der Waals surface area contributed by atoms with Gasteiger partial charge in [-0.05, 0) is 24.6 Å². The van der Waals surface area contributed by atoms with E-state index in [0.29, 0.717) is 11.3 Å². The molecule has 31 heavy (non-hydrogen) atoms. The second-order valence-corrected chi connectivity index (χ2v) is 8.94. The summed E-state index contributed by atoms with van der Waals surface area (Å²) in [5.41, 5.74) is 0.979. The fraction of sp³-hybridized carbons (Fsp3) is 0.190. The number of hydrogen-bond donors (Lipinski definition) is 2. The van der Waals surface area contributed by atoms with Gasteiger partial charge in [0.2, 0.25) is 5.91 Å². The first-order valence-corrected chi connectivity index (χ1v) is 11.8. The van der Waals surface area contributed by atoms with Crippen molar-refractivity contribution in [1.82, 2.24) is 10.3 Å². The Morgan fingerprint density at radius 2 is 1.71 bits per heavy atom. The summed E-state index contributed by atoms with van der Waals surface area (Å²) in [4.78, 5) is 29.1. The fourth-order valence-electron chi connectivity index (χ4n) is 2.73. The summed E-state index contributed by atoms with van der Waals surface area (Å²) in [5, 5.41) is 4.40. The second kappa shape index (κ2) is 10.2. The summed E-state index contributed by atoms with van der Waals surface area (Å²) in [5.74, 6) is -0.999. The minimum atomic E-state index is -3.76. The molecule has 0 saturated carbocycles. The average molecular weight is 460 g/mol. The smallest absolute Gasteiger partial charge is 0.333 e. The molecule has 0 fully saturated rings. The van der Waals surface area contributed by atoms with Crippen LogP contribution in [0.25, 0.3) is 0 Å². The Morgan fingerprint density at radius 3 is 2.35 bits per heavy atom. The van der Waals surface area contributed by atoms with Gasteiger partial charge in [-0.2, -0.15) is 0 Å². The van der Waals surface area contributed by atoms with Crippen molar-refractivity contribution in [3.05, 3.63) is 77.3 Å². The Bertz CT molecular complexity index is 1130. The standard InChI is InChI=1S/C21H21N3O5S2/c1-2-29-20(26)19(15-9-5-3-6-10-15)23-18(25)13-16-14-30-21(22-16)24-31(27,28)17-11-7-4-8-12-17/h3-12,14,19H,2,13H2,1H3,(H,22,24)(H,23,25). The number of nitrogens with one attached hydrogen (secondary N) is 2. The lowest BCUT2D eigenvalue weighted by Gasteiger charge is -2.17. The molecule has 0 bridgehead atoms. The summed E-state index contributed by atoms with van der Waals surface area (Å²) in [6.45, 7) is 1.88. The highest BCUT2D eigenvalue weighted by atomic mass is 32.2. The predicted molar refractivity (Wildman–Crippen MR) is 117 cm³/mol. The molecule has 1 atom stereocenters. The number of nitrogens with zero attached hydrogens (tertiary/aromatic N) is 1. The molecule has 10 heteroatoms. The lowest BCUT2D eigenvalue weighted by Crippen LogP contribution is -2.35. The minimum Gasteiger partial charge on any atom is -0.464 e. The lowest BCUT2D eigenvalue weighted by atomic mass is 10.1. The van der Waals surface area contributed by atoms with Gasteiger partial charge in [0.15, 0.2) is 11.2 Å². The molecule has 1 heterocycles. The molecule has 0 spiro atoms. The van der Waals surface area contributed by atoms with Crippen LogP contribution in [0.15, 0.2) is 70.9 Å². The third-order valence-electron chi connectivity index (χ3n) is 4.13. The molecule has 162 valence electrons. The van der Waals surface area contributed by atoms with Crippen molar-refractivity contribution in [2.24, 2.45) is 0 Å². The van der Waals surface area contributed by atoms with E-state index in [1.807, 2.05) is 0 Å². The molecule has 2 N–H and O–H groups in total. The number of anilines is 1. The third kappa shape index (κ3) is 6.12. The molecule has 2 aromatic carbocycles. The highest BCUT2D eigenvalue weighted by Crippen LogP contribution is 2.21. The first kappa shape index (κ1) is 22.4. The monoisotopic (exact) mass is 459 g/mol. The SMILES string of the molecule is CCOC(=O)C(NC(=O)Cc1csc(NS(=O)(=O)c2ccccc2)n1)c1ccccc1. The van der Waals surface area contributed by atoms with Crippen molar-refractivity contribution in [3.8, 4) is 0 Å². The van der Waals surface area contributed by atoms with Crippen LogP contribution in [0, 0.1) is 0 Å². The molecule has 8 nitrogen and oxygen atoms in total. The highest BCUT2D eigenvalue weighted by molar-refractivity contribution is 7.93. The van der Waals surface area contributed by atoms with E-state index in [1.165, 1.54) is 12.1 Å². The van der Waals surface area contributed by atoms with Crippen molar-refractivity contribution >= 4 is 38.4 Å². The Morgan fingerprint density at radius 1 is 1.06 bits per heavy atom. The first-order chi connectivity index (χ1) is 14.9. The zero-order valence-corrected chi connectivity index (χ0v) is 18.3. The number of amides is 1. The lowest BCUT2D eigenvalue weighted by molar-refractivity contribution is -0.147. The Balaban J connectivity index is 1.66. The summed E-state index contributed by atoms with van der Waals surface area (Å²) in [7, 11) is -3.76. The predicted octanol–water partition coefficient (Wildman–Crippen LogP) is 2.91. The van der Waals surface area contributed by atoms with Gasteiger partial charge in [0.1, 0.15) is 0 Å². The number of esters is 1. The van der Waals surface area contributed by atoms with Crippen LogP contribution >= 0.6 is 11.3 Å². The van der Waals surface area contributed by atoms with Crippen LogP contribution in [-0.2, 0) is 30.8 Å². The topological polar surface area (TPSA) is 114 Å². The number of carbonyl (C=O) groups excluding carboxylic acids is 2. The normalized spacial score (nSPS) is 12.0. The van der Waals surface area contributed by atoms with Gasteiger partial charge in [-0.25, -0.2) is 18.2 Å². The number of ether oxygens (including phenoxy) is 1. The molecule has 0 radical (unpaired) electrons. The molecule has 1 unspecified atom stereocenters. The maximum atomic E-state index is 12.5. The van der Waals surface area contributed by atoms with Crippen LogP contribution in [0.1, 0.15) is 24.2 Å². The van der Waals surface area contributed by atoms with Gasteiger partial charge in [0, 0.05) is 5.38 Å². The molecular weight excluding hydrogens is 438 g/mol. The summed E-state index contributed by atoms with van der Waals surface area (Å²) in [6.07, 6.45) is -0.119. The van der Waals surface area contributed by atoms with Crippen molar-refractivity contribution in [2.75, 3.05) is 11.3 Å². The largest absolute Gasteiger partial charge is 0.464 e. The summed E-state index contributed by atoms with van der Waals surface area (Å²) in [6, 6.07) is 15.8. The van der Waals surface area contributed by atoms with Gasteiger partial charge in [0.05, 0.1) is 23.6 Å². The number of thiazole rings is 1. The Hall–Kier alpha value is -3.24. The molecule has 1 aromatic heterocycles. The maximum Gasteiger partial charge on any atom is 0.333 e. The van der Waals surface area contributed by atoms with E-state index in [2.05, 4.69) is 15.0 Å². The van der Waals surface area contributed by atoms with E-state index in [-0.39, 0.29) is 23.1 Å². The van der Waals surface area contributed by atoms with E-state index >= 15 is 0 Å². The number of rotatable bonds is 9. The Kier molecular flexibility index (Phi) is 7.37. The molecule has 3 aromatic rings. The van der Waals surface area contributed by atoms with E-state index in [4.69, 9.17) is 4.74 Å². The molecule has 0 saturated heterocycles. The number of benzene rings is 2. The van der Waals surface area contributed by atoms with Crippen molar-refractivity contribution in [3.63, 3.8) is 0 Å². The third-order valence-corrected chi connectivity index (χ3v) is 6.42. The second-order valence-electron chi connectivity index (χ2n) is 6.40. The molecule has 1 amide bonds. The van der Waals surface area contributed by atoms with E-state index in [1.54, 1.807) is 60.8 Å². The zero-order chi connectivity index (χ0) is 22.3. The fourth-order valence-corrected chi connectivity index (χ4v) is 4.72. The maximum absolute atomic E-state index is 12.5. The van der Waals surface area contributed by atoms with E-state index in [9.17, 15) is 18.0 Å². The summed E-state index contributed by atoms with van der Waals surface area (Å²) >= 11 is 1.07. The Labute approximate surface area is 184 Å². The van der Waals surface area contributed by atoms with Crippen LogP contribution in [0.2, 0.25) is 0 Å². The molecule has 0 aliphatic rings. The molecular formula is C21H21N3O5S2. The number of hydrogen-bond acceptors (Lipinski definition) is 7. The summed E-state index contributed by atoms with van der Waals surface area (Å²) < 4.78 is 32.3. The van der Waals surface area contributed by atoms with Gasteiger partial charge in [-0.1, -0.05) is 48.5 Å². The molecule has 3 rings (SSSR count). The van der Waals surface area contributed by atoms with Gasteiger partial charge in [-0.3, -0.25) is 9.52 Å². The van der Waals surface area contributed by atoms with Crippen LogP contribution in [0.5, 0.6) is 0 Å². The van der Waals surface area contributed by atoms with Crippen molar-refractivity contribution < 1.29 is 22.7 Å². The van der Waals surface area contributed by atoms with Crippen LogP contribution in [-0.4, -0.2) is 31.9 Å². The van der Waals surface area contributed by atoms with Crippen LogP contribution in [0.3, 0.4) is 0 Å². The number of carbonyl (C=O) groups is 2. The van der Waals surface area contributed by atoms with Crippen LogP contribution in [0.4, 0.5) is 5.13 Å². The van der Waals surface area contributed by atoms with E-state index in [0.717, 1.165) is 11.3 Å². The first-order valence-electron chi connectivity index (χ1n) is 9.42. The van der Waals surface area contributed by atoms with Gasteiger partial charge < -0.3 is 10.1 Å². The molecule has 0 aliphatic heterocycles. The number of aromatic nitrogens is 1.